The molecule has 3 aromatic rings. The summed E-state index contributed by atoms with van der Waals surface area (Å²) >= 11 is 3.37. The lowest BCUT2D eigenvalue weighted by Gasteiger charge is -2.13. The van der Waals surface area contributed by atoms with Gasteiger partial charge in [0, 0.05) is 16.4 Å². The number of hydrogen-bond acceptors (Lipinski definition) is 6. The molecule has 7 nitrogen and oxygen atoms in total. The highest BCUT2D eigenvalue weighted by molar-refractivity contribution is 9.10. The Morgan fingerprint density at radius 3 is 2.27 bits per heavy atom. The van der Waals surface area contributed by atoms with Crippen molar-refractivity contribution in [3.63, 3.8) is 0 Å². The molecule has 30 heavy (non-hydrogen) atoms. The molecule has 1 aromatic heterocycles. The topological polar surface area (TPSA) is 70.0 Å². The number of nitrogens with zero attached hydrogens (tertiary/aromatic N) is 2. The fourth-order valence-corrected chi connectivity index (χ4v) is 5.78. The van der Waals surface area contributed by atoms with E-state index in [9.17, 15) is 8.42 Å². The first-order valence-corrected chi connectivity index (χ1v) is 11.5. The van der Waals surface area contributed by atoms with Gasteiger partial charge in [-0.25, -0.2) is 12.4 Å². The van der Waals surface area contributed by atoms with Gasteiger partial charge in [0.2, 0.25) is 0 Å². The first-order chi connectivity index (χ1) is 14.2. The van der Waals surface area contributed by atoms with E-state index in [1.54, 1.807) is 44.4 Å². The summed E-state index contributed by atoms with van der Waals surface area (Å²) in [6.07, 6.45) is 0. The summed E-state index contributed by atoms with van der Waals surface area (Å²) in [4.78, 5) is 2.14. The Morgan fingerprint density at radius 1 is 1.03 bits per heavy atom. The molecule has 0 radical (unpaired) electrons. The summed E-state index contributed by atoms with van der Waals surface area (Å²) in [5, 5.41) is 0.679. The lowest BCUT2D eigenvalue weighted by Crippen LogP contribution is -2.20. The zero-order valence-electron chi connectivity index (χ0n) is 17.6. The van der Waals surface area contributed by atoms with Crippen molar-refractivity contribution in [3.05, 3.63) is 46.6 Å². The van der Waals surface area contributed by atoms with Crippen molar-refractivity contribution in [1.82, 2.24) is 8.87 Å². The van der Waals surface area contributed by atoms with Gasteiger partial charge < -0.3 is 19.1 Å². The number of benzene rings is 2. The molecule has 0 amide bonds. The van der Waals surface area contributed by atoms with Crippen LogP contribution in [0.5, 0.6) is 17.2 Å². The van der Waals surface area contributed by atoms with Crippen LogP contribution in [0.15, 0.2) is 45.8 Å². The smallest absolute Gasteiger partial charge is 0.269 e. The number of likely N-dealkylation sites (N-methyl/N-ethyl adjacent to an activating group) is 1. The van der Waals surface area contributed by atoms with Gasteiger partial charge in [0.15, 0.2) is 0 Å². The van der Waals surface area contributed by atoms with Gasteiger partial charge in [-0.2, -0.15) is 0 Å². The van der Waals surface area contributed by atoms with Gasteiger partial charge in [0.1, 0.15) is 28.8 Å². The summed E-state index contributed by atoms with van der Waals surface area (Å²) in [5.74, 6) is 1.71. The predicted molar refractivity (Wildman–Crippen MR) is 121 cm³/mol. The summed E-state index contributed by atoms with van der Waals surface area (Å²) in [6.45, 7) is 2.87. The van der Waals surface area contributed by atoms with E-state index in [0.717, 1.165) is 0 Å². The summed E-state index contributed by atoms with van der Waals surface area (Å²) < 4.78 is 45.6. The third kappa shape index (κ3) is 4.14. The van der Waals surface area contributed by atoms with Crippen LogP contribution >= 0.6 is 15.9 Å². The van der Waals surface area contributed by atoms with E-state index in [1.807, 2.05) is 19.0 Å². The van der Waals surface area contributed by atoms with Gasteiger partial charge in [-0.3, -0.25) is 0 Å². The molecule has 0 aliphatic rings. The minimum absolute atomic E-state index is 0.138. The van der Waals surface area contributed by atoms with Crippen LogP contribution in [-0.4, -0.2) is 58.8 Å². The van der Waals surface area contributed by atoms with E-state index < -0.39 is 10.0 Å². The minimum atomic E-state index is -3.91. The van der Waals surface area contributed by atoms with Crippen molar-refractivity contribution in [1.29, 1.82) is 0 Å². The third-order valence-electron chi connectivity index (χ3n) is 4.74. The summed E-state index contributed by atoms with van der Waals surface area (Å²) in [5.41, 5.74) is 1.02. The van der Waals surface area contributed by atoms with Gasteiger partial charge in [-0.15, -0.1) is 0 Å². The van der Waals surface area contributed by atoms with Gasteiger partial charge in [0.05, 0.1) is 25.4 Å². The maximum atomic E-state index is 13.6. The number of ether oxygens (including phenoxy) is 3. The maximum absolute atomic E-state index is 13.6. The van der Waals surface area contributed by atoms with Crippen LogP contribution in [0.1, 0.15) is 5.69 Å². The van der Waals surface area contributed by atoms with Crippen LogP contribution in [-0.2, 0) is 10.0 Å². The van der Waals surface area contributed by atoms with E-state index in [0.29, 0.717) is 51.5 Å². The van der Waals surface area contributed by atoms with Crippen LogP contribution in [0.25, 0.3) is 10.9 Å². The van der Waals surface area contributed by atoms with E-state index >= 15 is 0 Å². The maximum Gasteiger partial charge on any atom is 0.269 e. The van der Waals surface area contributed by atoms with Crippen molar-refractivity contribution in [2.24, 2.45) is 0 Å². The molecule has 0 bridgehead atoms. The Kier molecular flexibility index (Phi) is 6.64. The Morgan fingerprint density at radius 2 is 1.67 bits per heavy atom. The highest BCUT2D eigenvalue weighted by Crippen LogP contribution is 2.39. The van der Waals surface area contributed by atoms with Gasteiger partial charge in [-0.1, -0.05) is 0 Å². The molecule has 0 saturated carbocycles. The molecule has 0 N–H and O–H groups in total. The average molecular weight is 497 g/mol. The molecule has 0 atom stereocenters. The molecule has 0 unspecified atom stereocenters. The molecule has 0 saturated heterocycles. The third-order valence-corrected chi connectivity index (χ3v) is 7.52. The SMILES string of the molecule is COc1ccc(S(=O)(=O)n2c(C)c(OCCN(C)C)c3cc(OC)ccc32)c(Br)c1. The van der Waals surface area contributed by atoms with Crippen molar-refractivity contribution in [2.45, 2.75) is 11.8 Å². The van der Waals surface area contributed by atoms with Crippen LogP contribution in [0.3, 0.4) is 0 Å². The molecule has 3 rings (SSSR count). The zero-order chi connectivity index (χ0) is 22.1. The quantitative estimate of drug-likeness (QED) is 0.470. The van der Waals surface area contributed by atoms with E-state index in [2.05, 4.69) is 15.9 Å². The van der Waals surface area contributed by atoms with E-state index in [1.165, 1.54) is 17.1 Å². The molecule has 0 spiro atoms. The molecular formula is C21H25BrN2O5S. The highest BCUT2D eigenvalue weighted by atomic mass is 79.9. The predicted octanol–water partition coefficient (Wildman–Crippen LogP) is 3.91. The minimum Gasteiger partial charge on any atom is -0.497 e. The average Bonchev–Trinajstić information content (AvgIpc) is 2.98. The molecule has 0 aliphatic heterocycles. The molecule has 9 heteroatoms. The number of aromatic nitrogens is 1. The number of halogens is 1. The molecule has 0 fully saturated rings. The fraction of sp³-hybridized carbons (Fsp3) is 0.333. The van der Waals surface area contributed by atoms with Crippen molar-refractivity contribution in [2.75, 3.05) is 41.5 Å². The molecule has 1 heterocycles. The Balaban J connectivity index is 2.21. The molecular weight excluding hydrogens is 472 g/mol. The normalized spacial score (nSPS) is 11.8. The molecule has 2 aromatic carbocycles. The Labute approximate surface area is 185 Å². The first kappa shape index (κ1) is 22.5. The van der Waals surface area contributed by atoms with E-state index in [4.69, 9.17) is 14.2 Å². The first-order valence-electron chi connectivity index (χ1n) is 9.26. The van der Waals surface area contributed by atoms with E-state index in [-0.39, 0.29) is 4.90 Å². The second kappa shape index (κ2) is 8.87. The summed E-state index contributed by atoms with van der Waals surface area (Å²) in [7, 11) is 3.10. The number of methoxy groups -OCH3 is 2. The number of hydrogen-bond donors (Lipinski definition) is 0. The standard InChI is InChI=1S/C21H25BrN2O5S/c1-14-21(29-11-10-23(2)3)17-12-15(27-4)6-8-19(17)24(14)30(25,26)20-9-7-16(28-5)13-18(20)22/h6-9,12-13H,10-11H2,1-5H3. The largest absolute Gasteiger partial charge is 0.497 e. The number of fused-ring (bicyclic) bond motifs is 1. The Hall–Kier alpha value is -2.23. The Bertz CT molecular complexity index is 1170. The lowest BCUT2D eigenvalue weighted by atomic mass is 10.2. The fourth-order valence-electron chi connectivity index (χ4n) is 3.21. The molecule has 0 aliphatic carbocycles. The van der Waals surface area contributed by atoms with Crippen LogP contribution in [0.4, 0.5) is 0 Å². The highest BCUT2D eigenvalue weighted by Gasteiger charge is 2.28. The monoisotopic (exact) mass is 496 g/mol. The number of rotatable bonds is 8. The summed E-state index contributed by atoms with van der Waals surface area (Å²) in [6, 6.07) is 10.0. The van der Waals surface area contributed by atoms with Crippen molar-refractivity contribution < 1.29 is 22.6 Å². The van der Waals surface area contributed by atoms with Crippen molar-refractivity contribution in [3.8, 4) is 17.2 Å². The second-order valence-electron chi connectivity index (χ2n) is 7.02. The zero-order valence-corrected chi connectivity index (χ0v) is 20.0. The van der Waals surface area contributed by atoms with Crippen molar-refractivity contribution >= 4 is 36.9 Å². The van der Waals surface area contributed by atoms with Gasteiger partial charge in [0.25, 0.3) is 10.0 Å². The van der Waals surface area contributed by atoms with Gasteiger partial charge >= 0.3 is 0 Å². The van der Waals surface area contributed by atoms with Crippen LogP contribution in [0, 0.1) is 6.92 Å². The van der Waals surface area contributed by atoms with Gasteiger partial charge in [-0.05, 0) is 73.3 Å². The molecule has 162 valence electrons. The lowest BCUT2D eigenvalue weighted by molar-refractivity contribution is 0.262. The van der Waals surface area contributed by atoms with Crippen LogP contribution < -0.4 is 14.2 Å². The second-order valence-corrected chi connectivity index (χ2v) is 9.62. The van der Waals surface area contributed by atoms with Crippen LogP contribution in [0.2, 0.25) is 0 Å².